The zero-order chi connectivity index (χ0) is 17.9. The Kier molecular flexibility index (Phi) is 12.5. The third kappa shape index (κ3) is 8.99. The summed E-state index contributed by atoms with van der Waals surface area (Å²) in [6.07, 6.45) is 7.99. The van der Waals surface area contributed by atoms with Crippen molar-refractivity contribution in [2.24, 2.45) is 4.99 Å². The number of unbranched alkanes of at least 4 members (excludes halogenated alkanes) is 2. The van der Waals surface area contributed by atoms with Gasteiger partial charge in [-0.15, -0.1) is 35.3 Å². The predicted molar refractivity (Wildman–Crippen MR) is 124 cm³/mol. The van der Waals surface area contributed by atoms with Gasteiger partial charge in [-0.2, -0.15) is 0 Å². The minimum atomic E-state index is 0. The van der Waals surface area contributed by atoms with Crippen molar-refractivity contribution in [2.45, 2.75) is 64.8 Å². The first kappa shape index (κ1) is 23.6. The van der Waals surface area contributed by atoms with Crippen LogP contribution >= 0.6 is 35.3 Å². The molecule has 1 aliphatic heterocycles. The fourth-order valence-corrected chi connectivity index (χ4v) is 3.97. The molecule has 0 unspecified atom stereocenters. The van der Waals surface area contributed by atoms with Crippen molar-refractivity contribution in [3.05, 3.63) is 16.1 Å². The van der Waals surface area contributed by atoms with Gasteiger partial charge in [-0.1, -0.05) is 26.7 Å². The van der Waals surface area contributed by atoms with Gasteiger partial charge in [0.2, 0.25) is 0 Å². The number of likely N-dealkylation sites (tertiary alicyclic amines) is 1. The Morgan fingerprint density at radius 2 is 1.96 bits per heavy atom. The van der Waals surface area contributed by atoms with Crippen molar-refractivity contribution in [1.29, 1.82) is 0 Å². The minimum absolute atomic E-state index is 0. The van der Waals surface area contributed by atoms with E-state index in [1.807, 2.05) is 7.05 Å². The molecule has 0 spiro atoms. The minimum Gasteiger partial charge on any atom is -0.356 e. The molecule has 2 N–H and O–H groups in total. The molecule has 0 radical (unpaired) electrons. The Morgan fingerprint density at radius 3 is 2.62 bits per heavy atom. The highest BCUT2D eigenvalue weighted by Crippen LogP contribution is 2.17. The summed E-state index contributed by atoms with van der Waals surface area (Å²) >= 11 is 1.72. The van der Waals surface area contributed by atoms with Crippen LogP contribution in [0.2, 0.25) is 0 Å². The molecule has 5 nitrogen and oxygen atoms in total. The summed E-state index contributed by atoms with van der Waals surface area (Å²) in [4.78, 5) is 11.6. The predicted octanol–water partition coefficient (Wildman–Crippen LogP) is 4.21. The number of guanidine groups is 1. The van der Waals surface area contributed by atoms with E-state index in [1.54, 1.807) is 11.3 Å². The highest BCUT2D eigenvalue weighted by Gasteiger charge is 2.09. The molecule has 0 saturated carbocycles. The van der Waals surface area contributed by atoms with Gasteiger partial charge in [-0.05, 0) is 51.2 Å². The van der Waals surface area contributed by atoms with Crippen molar-refractivity contribution in [3.8, 4) is 0 Å². The number of piperidine rings is 1. The van der Waals surface area contributed by atoms with Crippen LogP contribution in [0.4, 0.5) is 0 Å². The number of thiazole rings is 1. The van der Waals surface area contributed by atoms with Crippen LogP contribution in [0.1, 0.15) is 69.0 Å². The molecule has 2 heterocycles. The molecule has 0 amide bonds. The van der Waals surface area contributed by atoms with Gasteiger partial charge < -0.3 is 15.5 Å². The Morgan fingerprint density at radius 1 is 1.19 bits per heavy atom. The van der Waals surface area contributed by atoms with E-state index in [4.69, 9.17) is 0 Å². The number of hydrogen-bond donors (Lipinski definition) is 2. The molecule has 1 saturated heterocycles. The smallest absolute Gasteiger partial charge is 0.191 e. The Bertz CT molecular complexity index is 512. The summed E-state index contributed by atoms with van der Waals surface area (Å²) in [5.41, 5.74) is 1.18. The number of nitrogens with one attached hydrogen (secondary N) is 2. The lowest BCUT2D eigenvalue weighted by Gasteiger charge is -2.26. The van der Waals surface area contributed by atoms with Gasteiger partial charge in [-0.3, -0.25) is 4.99 Å². The van der Waals surface area contributed by atoms with Crippen molar-refractivity contribution in [3.63, 3.8) is 0 Å². The van der Waals surface area contributed by atoms with Gasteiger partial charge in [0, 0.05) is 19.0 Å². The van der Waals surface area contributed by atoms with Crippen LogP contribution in [-0.2, 0) is 6.54 Å². The topological polar surface area (TPSA) is 52.6 Å². The average Bonchev–Trinajstić information content (AvgIpc) is 3.11. The highest BCUT2D eigenvalue weighted by atomic mass is 127. The number of aliphatic imine (C=N–C) groups is 1. The van der Waals surface area contributed by atoms with Gasteiger partial charge in [0.05, 0.1) is 12.2 Å². The molecule has 150 valence electrons. The van der Waals surface area contributed by atoms with E-state index >= 15 is 0 Å². The first-order chi connectivity index (χ1) is 12.2. The SMILES string of the molecule is CN=C(NCCCCCN1CCCCC1)NCc1nc(C(C)C)cs1.I. The van der Waals surface area contributed by atoms with Crippen LogP contribution in [0, 0.1) is 0 Å². The van der Waals surface area contributed by atoms with Gasteiger partial charge in [-0.25, -0.2) is 4.98 Å². The van der Waals surface area contributed by atoms with Crippen LogP contribution in [0.5, 0.6) is 0 Å². The van der Waals surface area contributed by atoms with Crippen LogP contribution < -0.4 is 10.6 Å². The monoisotopic (exact) mass is 493 g/mol. The normalized spacial score (nSPS) is 15.8. The van der Waals surface area contributed by atoms with Gasteiger partial charge in [0.15, 0.2) is 5.96 Å². The fourth-order valence-electron chi connectivity index (χ4n) is 3.08. The van der Waals surface area contributed by atoms with E-state index in [2.05, 4.69) is 44.7 Å². The summed E-state index contributed by atoms with van der Waals surface area (Å²) in [6.45, 7) is 9.97. The van der Waals surface area contributed by atoms with E-state index in [-0.39, 0.29) is 24.0 Å². The number of halogens is 1. The molecule has 1 aromatic rings. The zero-order valence-electron chi connectivity index (χ0n) is 16.6. The fraction of sp³-hybridized carbons (Fsp3) is 0.789. The quantitative estimate of drug-likeness (QED) is 0.234. The molecule has 26 heavy (non-hydrogen) atoms. The largest absolute Gasteiger partial charge is 0.356 e. The molecule has 2 rings (SSSR count). The van der Waals surface area contributed by atoms with Crippen LogP contribution in [0.15, 0.2) is 10.4 Å². The van der Waals surface area contributed by atoms with Crippen molar-refractivity contribution < 1.29 is 0 Å². The summed E-state index contributed by atoms with van der Waals surface area (Å²) < 4.78 is 0. The second kappa shape index (κ2) is 13.7. The molecule has 0 atom stereocenters. The number of aromatic nitrogens is 1. The first-order valence-corrected chi connectivity index (χ1v) is 10.7. The summed E-state index contributed by atoms with van der Waals surface area (Å²) in [5, 5.41) is 10.0. The molecule has 0 aliphatic carbocycles. The molecule has 1 aliphatic rings. The lowest BCUT2D eigenvalue weighted by molar-refractivity contribution is 0.224. The van der Waals surface area contributed by atoms with E-state index < -0.39 is 0 Å². The van der Waals surface area contributed by atoms with Crippen molar-refractivity contribution in [2.75, 3.05) is 33.2 Å². The number of nitrogens with zero attached hydrogens (tertiary/aromatic N) is 3. The standard InChI is InChI=1S/C19H35N5S.HI/c1-16(2)17-15-25-18(23-17)14-22-19(20-3)21-10-6-4-7-11-24-12-8-5-9-13-24;/h15-16H,4-14H2,1-3H3,(H2,20,21,22);1H. The average molecular weight is 494 g/mol. The van der Waals surface area contributed by atoms with Gasteiger partial charge >= 0.3 is 0 Å². The van der Waals surface area contributed by atoms with E-state index in [0.29, 0.717) is 5.92 Å². The van der Waals surface area contributed by atoms with Crippen LogP contribution in [0.3, 0.4) is 0 Å². The van der Waals surface area contributed by atoms with Crippen LogP contribution in [-0.4, -0.2) is 49.1 Å². The lowest BCUT2D eigenvalue weighted by atomic mass is 10.1. The lowest BCUT2D eigenvalue weighted by Crippen LogP contribution is -2.37. The maximum Gasteiger partial charge on any atom is 0.191 e. The maximum atomic E-state index is 4.65. The van der Waals surface area contributed by atoms with Crippen LogP contribution in [0.25, 0.3) is 0 Å². The molecule has 1 aromatic heterocycles. The first-order valence-electron chi connectivity index (χ1n) is 9.80. The molecular weight excluding hydrogens is 457 g/mol. The molecule has 1 fully saturated rings. The third-order valence-corrected chi connectivity index (χ3v) is 5.55. The van der Waals surface area contributed by atoms with Gasteiger partial charge in [0.1, 0.15) is 5.01 Å². The maximum absolute atomic E-state index is 4.65. The third-order valence-electron chi connectivity index (χ3n) is 4.68. The van der Waals surface area contributed by atoms with Crippen molar-refractivity contribution in [1.82, 2.24) is 20.5 Å². The summed E-state index contributed by atoms with van der Waals surface area (Å²) in [5.74, 6) is 1.37. The number of hydrogen-bond acceptors (Lipinski definition) is 4. The molecule has 7 heteroatoms. The Balaban J connectivity index is 0.00000338. The second-order valence-electron chi connectivity index (χ2n) is 7.14. The molecular formula is C19H36IN5S. The van der Waals surface area contributed by atoms with E-state index in [0.717, 1.165) is 24.1 Å². The number of rotatable bonds is 9. The highest BCUT2D eigenvalue weighted by molar-refractivity contribution is 14.0. The zero-order valence-corrected chi connectivity index (χ0v) is 19.7. The van der Waals surface area contributed by atoms with Crippen molar-refractivity contribution >= 4 is 41.3 Å². The molecule has 0 aromatic carbocycles. The Hall–Kier alpha value is -0.410. The summed E-state index contributed by atoms with van der Waals surface area (Å²) in [7, 11) is 1.83. The second-order valence-corrected chi connectivity index (χ2v) is 8.08. The van der Waals surface area contributed by atoms with E-state index in [1.165, 1.54) is 63.9 Å². The van der Waals surface area contributed by atoms with E-state index in [9.17, 15) is 0 Å². The van der Waals surface area contributed by atoms with Gasteiger partial charge in [0.25, 0.3) is 0 Å². The summed E-state index contributed by atoms with van der Waals surface area (Å²) in [6, 6.07) is 0. The molecule has 0 bridgehead atoms. The Labute approximate surface area is 180 Å².